The summed E-state index contributed by atoms with van der Waals surface area (Å²) < 4.78 is 8.87. The number of para-hydroxylation sites is 1. The summed E-state index contributed by atoms with van der Waals surface area (Å²) in [5, 5.41) is 9.14. The van der Waals surface area contributed by atoms with E-state index in [1.165, 1.54) is 25.6 Å². The van der Waals surface area contributed by atoms with E-state index in [0.717, 1.165) is 65.9 Å². The Labute approximate surface area is 302 Å². The van der Waals surface area contributed by atoms with Crippen molar-refractivity contribution in [3.63, 3.8) is 0 Å². The van der Waals surface area contributed by atoms with E-state index in [0.29, 0.717) is 17.5 Å². The Kier molecular flexibility index (Phi) is 6.39. The Bertz CT molecular complexity index is 3210. The van der Waals surface area contributed by atoms with Gasteiger partial charge in [-0.05, 0) is 63.7 Å². The molecule has 0 saturated carbocycles. The molecule has 0 aliphatic carbocycles. The van der Waals surface area contributed by atoms with Crippen LogP contribution >= 0.6 is 11.3 Å². The third kappa shape index (κ3) is 4.57. The van der Waals surface area contributed by atoms with E-state index in [2.05, 4.69) is 152 Å². The lowest BCUT2D eigenvalue weighted by atomic mass is 9.94. The number of nitrogens with zero attached hydrogens (tertiary/aromatic N) is 3. The summed E-state index contributed by atoms with van der Waals surface area (Å²) in [7, 11) is 0. The zero-order chi connectivity index (χ0) is 34.2. The molecule has 52 heavy (non-hydrogen) atoms. The molecular formula is C47H27N3OS. The van der Waals surface area contributed by atoms with Gasteiger partial charge in [0.1, 0.15) is 11.2 Å². The fourth-order valence-corrected chi connectivity index (χ4v) is 8.79. The van der Waals surface area contributed by atoms with E-state index in [1.807, 2.05) is 12.1 Å². The fourth-order valence-electron chi connectivity index (χ4n) is 7.66. The lowest BCUT2D eigenvalue weighted by Gasteiger charge is -2.12. The lowest BCUT2D eigenvalue weighted by Crippen LogP contribution is -2.00. The zero-order valence-corrected chi connectivity index (χ0v) is 28.6. The first-order valence-corrected chi connectivity index (χ1v) is 18.2. The predicted octanol–water partition coefficient (Wildman–Crippen LogP) is 13.1. The summed E-state index contributed by atoms with van der Waals surface area (Å²) in [6, 6.07) is 57.4. The Balaban J connectivity index is 1.14. The average molecular weight is 682 g/mol. The fraction of sp³-hybridized carbons (Fsp3) is 0. The molecular weight excluding hydrogens is 655 g/mol. The van der Waals surface area contributed by atoms with E-state index in [1.54, 1.807) is 11.3 Å². The van der Waals surface area contributed by atoms with Crippen molar-refractivity contribution in [1.29, 1.82) is 0 Å². The van der Waals surface area contributed by atoms with Gasteiger partial charge >= 0.3 is 0 Å². The van der Waals surface area contributed by atoms with Gasteiger partial charge in [-0.2, -0.15) is 0 Å². The van der Waals surface area contributed by atoms with Gasteiger partial charge in [-0.15, -0.1) is 11.3 Å². The van der Waals surface area contributed by atoms with Crippen LogP contribution in [-0.4, -0.2) is 15.0 Å². The molecule has 0 unspecified atom stereocenters. The standard InChI is InChI=1S/C47H27N3OS/c1-2-12-29-25-32(24-23-28(29)11-1)46-48-45(49-47(50-46)37-19-10-22-42-43(37)36-18-6-8-21-41(36)52-42)31-14-9-13-30(26-31)38-27-39-34-16-5-7-20-40(34)51-44(39)35-17-4-3-15-33(35)38/h1-27H. The summed E-state index contributed by atoms with van der Waals surface area (Å²) in [6.07, 6.45) is 0. The molecule has 11 rings (SSSR count). The highest BCUT2D eigenvalue weighted by Gasteiger charge is 2.19. The molecule has 0 N–H and O–H groups in total. The number of hydrogen-bond donors (Lipinski definition) is 0. The van der Waals surface area contributed by atoms with Crippen LogP contribution in [0.15, 0.2) is 168 Å². The maximum Gasteiger partial charge on any atom is 0.164 e. The van der Waals surface area contributed by atoms with Crippen molar-refractivity contribution >= 4 is 75.0 Å². The van der Waals surface area contributed by atoms with Gasteiger partial charge in [0.2, 0.25) is 0 Å². The van der Waals surface area contributed by atoms with Gasteiger partial charge in [-0.1, -0.05) is 127 Å². The smallest absolute Gasteiger partial charge is 0.164 e. The van der Waals surface area contributed by atoms with E-state index >= 15 is 0 Å². The van der Waals surface area contributed by atoms with Crippen LogP contribution in [0.1, 0.15) is 0 Å². The topological polar surface area (TPSA) is 51.8 Å². The van der Waals surface area contributed by atoms with Crippen molar-refractivity contribution in [2.24, 2.45) is 0 Å². The number of benzene rings is 8. The molecule has 8 aromatic carbocycles. The maximum absolute atomic E-state index is 6.41. The minimum atomic E-state index is 0.630. The summed E-state index contributed by atoms with van der Waals surface area (Å²) in [5.41, 5.74) is 6.89. The minimum absolute atomic E-state index is 0.630. The Morgan fingerprint density at radius 1 is 0.385 bits per heavy atom. The van der Waals surface area contributed by atoms with Crippen LogP contribution in [0, 0.1) is 0 Å². The highest BCUT2D eigenvalue weighted by molar-refractivity contribution is 7.25. The third-order valence-corrected chi connectivity index (χ3v) is 11.2. The summed E-state index contributed by atoms with van der Waals surface area (Å²) in [5.74, 6) is 1.93. The number of thiophene rings is 1. The van der Waals surface area contributed by atoms with Crippen LogP contribution in [0.4, 0.5) is 0 Å². The van der Waals surface area contributed by atoms with E-state index in [-0.39, 0.29) is 0 Å². The second-order valence-electron chi connectivity index (χ2n) is 13.2. The lowest BCUT2D eigenvalue weighted by molar-refractivity contribution is 0.672. The van der Waals surface area contributed by atoms with E-state index < -0.39 is 0 Å². The molecule has 0 spiro atoms. The monoisotopic (exact) mass is 681 g/mol. The normalized spacial score (nSPS) is 11.8. The van der Waals surface area contributed by atoms with Crippen molar-refractivity contribution in [3.8, 4) is 45.3 Å². The minimum Gasteiger partial charge on any atom is -0.455 e. The summed E-state index contributed by atoms with van der Waals surface area (Å²) in [4.78, 5) is 15.6. The van der Waals surface area contributed by atoms with Crippen molar-refractivity contribution in [2.75, 3.05) is 0 Å². The number of fused-ring (bicyclic) bond motifs is 9. The SMILES string of the molecule is c1cc(-c2nc(-c3ccc4ccccc4c3)nc(-c3cccc4sc5ccccc5c34)n2)cc(-c2cc3c4ccccc4oc3c3ccccc23)c1. The molecule has 0 bridgehead atoms. The molecule has 0 amide bonds. The average Bonchev–Trinajstić information content (AvgIpc) is 3.79. The van der Waals surface area contributed by atoms with Gasteiger partial charge in [0.15, 0.2) is 17.5 Å². The van der Waals surface area contributed by atoms with Crippen LogP contribution in [0.3, 0.4) is 0 Å². The first-order chi connectivity index (χ1) is 25.7. The summed E-state index contributed by atoms with van der Waals surface area (Å²) >= 11 is 1.80. The van der Waals surface area contributed by atoms with Crippen molar-refractivity contribution in [2.45, 2.75) is 0 Å². The highest BCUT2D eigenvalue weighted by atomic mass is 32.1. The van der Waals surface area contributed by atoms with Crippen LogP contribution in [0.25, 0.3) is 109 Å². The van der Waals surface area contributed by atoms with Gasteiger partial charge in [0, 0.05) is 53.0 Å². The quantitative estimate of drug-likeness (QED) is 0.185. The Hall–Kier alpha value is -6.69. The molecule has 4 nitrogen and oxygen atoms in total. The first-order valence-electron chi connectivity index (χ1n) is 17.3. The number of furan rings is 1. The molecule has 0 aliphatic rings. The number of hydrogen-bond acceptors (Lipinski definition) is 5. The molecule has 0 saturated heterocycles. The summed E-state index contributed by atoms with van der Waals surface area (Å²) in [6.45, 7) is 0. The van der Waals surface area contributed by atoms with Gasteiger partial charge in [0.05, 0.1) is 0 Å². The number of rotatable bonds is 4. The van der Waals surface area contributed by atoms with E-state index in [4.69, 9.17) is 19.4 Å². The van der Waals surface area contributed by atoms with Crippen LogP contribution in [-0.2, 0) is 0 Å². The molecule has 11 aromatic rings. The number of aromatic nitrogens is 3. The molecule has 5 heteroatoms. The van der Waals surface area contributed by atoms with Crippen molar-refractivity contribution in [3.05, 3.63) is 164 Å². The second kappa shape index (κ2) is 11.4. The highest BCUT2D eigenvalue weighted by Crippen LogP contribution is 2.42. The third-order valence-electron chi connectivity index (χ3n) is 10.1. The van der Waals surface area contributed by atoms with Gasteiger partial charge in [0.25, 0.3) is 0 Å². The first kappa shape index (κ1) is 29.1. The van der Waals surface area contributed by atoms with Crippen molar-refractivity contribution in [1.82, 2.24) is 15.0 Å². The van der Waals surface area contributed by atoms with Crippen LogP contribution in [0.5, 0.6) is 0 Å². The maximum atomic E-state index is 6.41. The van der Waals surface area contributed by atoms with E-state index in [9.17, 15) is 0 Å². The molecule has 3 heterocycles. The Morgan fingerprint density at radius 3 is 1.92 bits per heavy atom. The largest absolute Gasteiger partial charge is 0.455 e. The van der Waals surface area contributed by atoms with Crippen molar-refractivity contribution < 1.29 is 4.42 Å². The molecule has 0 aliphatic heterocycles. The molecule has 0 radical (unpaired) electrons. The predicted molar refractivity (Wildman–Crippen MR) is 217 cm³/mol. The van der Waals surface area contributed by atoms with Gasteiger partial charge < -0.3 is 4.42 Å². The van der Waals surface area contributed by atoms with Crippen LogP contribution in [0.2, 0.25) is 0 Å². The van der Waals surface area contributed by atoms with Gasteiger partial charge in [-0.25, -0.2) is 15.0 Å². The molecule has 0 fully saturated rings. The van der Waals surface area contributed by atoms with Crippen LogP contribution < -0.4 is 0 Å². The van der Waals surface area contributed by atoms with Gasteiger partial charge in [-0.3, -0.25) is 0 Å². The second-order valence-corrected chi connectivity index (χ2v) is 14.3. The molecule has 3 aromatic heterocycles. The molecule has 242 valence electrons. The molecule has 0 atom stereocenters. The zero-order valence-electron chi connectivity index (χ0n) is 27.7. The Morgan fingerprint density at radius 2 is 1.04 bits per heavy atom.